The van der Waals surface area contributed by atoms with Gasteiger partial charge in [0.15, 0.2) is 0 Å². The lowest BCUT2D eigenvalue weighted by molar-refractivity contribution is 0.245. The van der Waals surface area contributed by atoms with Crippen LogP contribution in [-0.2, 0) is 6.54 Å². The van der Waals surface area contributed by atoms with Gasteiger partial charge in [-0.25, -0.2) is 4.39 Å². The number of halogens is 1. The first-order valence-electron chi connectivity index (χ1n) is 6.78. The van der Waals surface area contributed by atoms with Crippen molar-refractivity contribution in [2.75, 3.05) is 27.2 Å². The van der Waals surface area contributed by atoms with Crippen molar-refractivity contribution in [2.24, 2.45) is 0 Å². The Morgan fingerprint density at radius 2 is 2.06 bits per heavy atom. The van der Waals surface area contributed by atoms with Crippen molar-refractivity contribution in [3.8, 4) is 0 Å². The lowest BCUT2D eigenvalue weighted by atomic mass is 10.1. The van der Waals surface area contributed by atoms with E-state index in [1.807, 2.05) is 12.1 Å². The van der Waals surface area contributed by atoms with Gasteiger partial charge in [-0.05, 0) is 64.1 Å². The van der Waals surface area contributed by atoms with Gasteiger partial charge in [-0.15, -0.1) is 0 Å². The third kappa shape index (κ3) is 3.79. The molecule has 1 aliphatic heterocycles. The second-order valence-electron chi connectivity index (χ2n) is 5.43. The Bertz CT molecular complexity index is 363. The van der Waals surface area contributed by atoms with Crippen LogP contribution in [0, 0.1) is 5.82 Å². The molecule has 2 rings (SSSR count). The van der Waals surface area contributed by atoms with E-state index in [4.69, 9.17) is 0 Å². The highest BCUT2D eigenvalue weighted by Gasteiger charge is 2.20. The molecule has 0 radical (unpaired) electrons. The predicted molar refractivity (Wildman–Crippen MR) is 73.0 cm³/mol. The summed E-state index contributed by atoms with van der Waals surface area (Å²) in [6.45, 7) is 3.25. The fraction of sp³-hybridized carbons (Fsp3) is 0.600. The molecule has 3 heteroatoms. The number of rotatable bonds is 5. The number of nitrogens with zero attached hydrogens (tertiary/aromatic N) is 2. The fourth-order valence-electron chi connectivity index (χ4n) is 2.69. The van der Waals surface area contributed by atoms with Crippen LogP contribution in [0.25, 0.3) is 0 Å². The molecule has 1 saturated heterocycles. The van der Waals surface area contributed by atoms with E-state index in [0.717, 1.165) is 19.1 Å². The smallest absolute Gasteiger partial charge is 0.123 e. The summed E-state index contributed by atoms with van der Waals surface area (Å²) in [5, 5.41) is 0. The molecule has 18 heavy (non-hydrogen) atoms. The Balaban J connectivity index is 1.74. The van der Waals surface area contributed by atoms with Crippen LogP contribution in [0.2, 0.25) is 0 Å². The van der Waals surface area contributed by atoms with Gasteiger partial charge in [0.2, 0.25) is 0 Å². The maximum absolute atomic E-state index is 12.8. The van der Waals surface area contributed by atoms with Gasteiger partial charge < -0.3 is 9.80 Å². The predicted octanol–water partition coefficient (Wildman–Crippen LogP) is 2.74. The zero-order valence-electron chi connectivity index (χ0n) is 11.4. The molecule has 1 unspecified atom stereocenters. The van der Waals surface area contributed by atoms with Crippen LogP contribution in [0.4, 0.5) is 4.39 Å². The van der Waals surface area contributed by atoms with Gasteiger partial charge in [-0.2, -0.15) is 0 Å². The molecule has 0 saturated carbocycles. The van der Waals surface area contributed by atoms with Gasteiger partial charge in [-0.1, -0.05) is 12.1 Å². The molecular formula is C15H23FN2. The molecule has 0 amide bonds. The summed E-state index contributed by atoms with van der Waals surface area (Å²) in [6.07, 6.45) is 3.90. The zero-order chi connectivity index (χ0) is 13.0. The van der Waals surface area contributed by atoms with E-state index in [1.165, 1.54) is 43.5 Å². The number of hydrogen-bond acceptors (Lipinski definition) is 2. The summed E-state index contributed by atoms with van der Waals surface area (Å²) in [5.41, 5.74) is 1.18. The van der Waals surface area contributed by atoms with Crippen molar-refractivity contribution in [1.82, 2.24) is 9.80 Å². The fourth-order valence-corrected chi connectivity index (χ4v) is 2.69. The maximum atomic E-state index is 12.8. The summed E-state index contributed by atoms with van der Waals surface area (Å²) >= 11 is 0. The van der Waals surface area contributed by atoms with Crippen LogP contribution in [-0.4, -0.2) is 43.0 Å². The highest BCUT2D eigenvalue weighted by atomic mass is 19.1. The SMILES string of the molecule is CN(CCC1CCCN1C)Cc1ccc(F)cc1. The molecule has 2 nitrogen and oxygen atoms in total. The van der Waals surface area contributed by atoms with Crippen molar-refractivity contribution in [2.45, 2.75) is 31.8 Å². The summed E-state index contributed by atoms with van der Waals surface area (Å²) < 4.78 is 12.8. The van der Waals surface area contributed by atoms with Gasteiger partial charge in [0.25, 0.3) is 0 Å². The molecule has 1 atom stereocenters. The van der Waals surface area contributed by atoms with Crippen LogP contribution in [0.5, 0.6) is 0 Å². The van der Waals surface area contributed by atoms with Crippen molar-refractivity contribution in [1.29, 1.82) is 0 Å². The molecule has 1 fully saturated rings. The van der Waals surface area contributed by atoms with E-state index in [9.17, 15) is 4.39 Å². The van der Waals surface area contributed by atoms with Crippen LogP contribution < -0.4 is 0 Å². The maximum Gasteiger partial charge on any atom is 0.123 e. The van der Waals surface area contributed by atoms with E-state index >= 15 is 0 Å². The molecule has 0 aliphatic carbocycles. The highest BCUT2D eigenvalue weighted by Crippen LogP contribution is 2.18. The first-order chi connectivity index (χ1) is 8.65. The van der Waals surface area contributed by atoms with Crippen molar-refractivity contribution in [3.05, 3.63) is 35.6 Å². The van der Waals surface area contributed by atoms with Crippen molar-refractivity contribution >= 4 is 0 Å². The lowest BCUT2D eigenvalue weighted by Gasteiger charge is -2.23. The Labute approximate surface area is 109 Å². The molecule has 0 aromatic heterocycles. The minimum absolute atomic E-state index is 0.158. The van der Waals surface area contributed by atoms with Gasteiger partial charge in [-0.3, -0.25) is 0 Å². The summed E-state index contributed by atoms with van der Waals surface area (Å²) in [6, 6.07) is 7.56. The summed E-state index contributed by atoms with van der Waals surface area (Å²) in [5.74, 6) is -0.158. The normalized spacial score (nSPS) is 20.8. The third-order valence-corrected chi connectivity index (χ3v) is 3.88. The molecule has 1 heterocycles. The topological polar surface area (TPSA) is 6.48 Å². The summed E-state index contributed by atoms with van der Waals surface area (Å²) in [4.78, 5) is 4.78. The van der Waals surface area contributed by atoms with Crippen LogP contribution >= 0.6 is 0 Å². The second-order valence-corrected chi connectivity index (χ2v) is 5.43. The van der Waals surface area contributed by atoms with E-state index in [2.05, 4.69) is 23.9 Å². The molecular weight excluding hydrogens is 227 g/mol. The number of benzene rings is 1. The number of hydrogen-bond donors (Lipinski definition) is 0. The molecule has 1 aliphatic rings. The average molecular weight is 250 g/mol. The average Bonchev–Trinajstić information content (AvgIpc) is 2.75. The van der Waals surface area contributed by atoms with E-state index in [1.54, 1.807) is 0 Å². The van der Waals surface area contributed by atoms with Gasteiger partial charge in [0.1, 0.15) is 5.82 Å². The second kappa shape index (κ2) is 6.30. The van der Waals surface area contributed by atoms with Gasteiger partial charge in [0, 0.05) is 12.6 Å². The van der Waals surface area contributed by atoms with Crippen molar-refractivity contribution in [3.63, 3.8) is 0 Å². The first-order valence-corrected chi connectivity index (χ1v) is 6.78. The quantitative estimate of drug-likeness (QED) is 0.793. The minimum Gasteiger partial charge on any atom is -0.303 e. The van der Waals surface area contributed by atoms with E-state index in [-0.39, 0.29) is 5.82 Å². The first kappa shape index (κ1) is 13.5. The largest absolute Gasteiger partial charge is 0.303 e. The van der Waals surface area contributed by atoms with Gasteiger partial charge >= 0.3 is 0 Å². The Morgan fingerprint density at radius 3 is 2.67 bits per heavy atom. The van der Waals surface area contributed by atoms with Crippen LogP contribution in [0.1, 0.15) is 24.8 Å². The molecule has 1 aromatic carbocycles. The third-order valence-electron chi connectivity index (χ3n) is 3.88. The van der Waals surface area contributed by atoms with E-state index in [0.29, 0.717) is 0 Å². The standard InChI is InChI=1S/C15H23FN2/c1-17(11-9-15-4-3-10-18(15)2)12-13-5-7-14(16)8-6-13/h5-8,15H,3-4,9-12H2,1-2H3. The molecule has 0 N–H and O–H groups in total. The monoisotopic (exact) mass is 250 g/mol. The zero-order valence-corrected chi connectivity index (χ0v) is 11.4. The van der Waals surface area contributed by atoms with Crippen LogP contribution in [0.15, 0.2) is 24.3 Å². The Morgan fingerprint density at radius 1 is 1.33 bits per heavy atom. The Hall–Kier alpha value is -0.930. The molecule has 0 spiro atoms. The van der Waals surface area contributed by atoms with Crippen LogP contribution in [0.3, 0.4) is 0 Å². The van der Waals surface area contributed by atoms with E-state index < -0.39 is 0 Å². The van der Waals surface area contributed by atoms with Crippen molar-refractivity contribution < 1.29 is 4.39 Å². The summed E-state index contributed by atoms with van der Waals surface area (Å²) in [7, 11) is 4.36. The number of likely N-dealkylation sites (tertiary alicyclic amines) is 1. The van der Waals surface area contributed by atoms with Gasteiger partial charge in [0.05, 0.1) is 0 Å². The molecule has 100 valence electrons. The minimum atomic E-state index is -0.158. The Kier molecular flexibility index (Phi) is 4.72. The highest BCUT2D eigenvalue weighted by molar-refractivity contribution is 5.15. The molecule has 0 bridgehead atoms. The molecule has 1 aromatic rings. The lowest BCUT2D eigenvalue weighted by Crippen LogP contribution is -2.29.